The Morgan fingerprint density at radius 1 is 1.10 bits per heavy atom. The lowest BCUT2D eigenvalue weighted by Crippen LogP contribution is -2.34. The molecule has 1 aromatic heterocycles. The average molecular weight is 463 g/mol. The van der Waals surface area contributed by atoms with Crippen LogP contribution in [0.3, 0.4) is 0 Å². The highest BCUT2D eigenvalue weighted by Crippen LogP contribution is 2.22. The molecule has 10 heteroatoms. The van der Waals surface area contributed by atoms with E-state index in [1.54, 1.807) is 6.07 Å². The van der Waals surface area contributed by atoms with Gasteiger partial charge in [0.2, 0.25) is 21.8 Å². The molecule has 8 nitrogen and oxygen atoms in total. The number of nitrogens with one attached hydrogen (secondary N) is 2. The molecule has 1 fully saturated rings. The first-order valence-corrected chi connectivity index (χ1v) is 12.4. The number of carbonyl (C=O) groups is 2. The zero-order valence-corrected chi connectivity index (χ0v) is 19.2. The molecule has 2 aromatic rings. The van der Waals surface area contributed by atoms with E-state index in [4.69, 9.17) is 0 Å². The zero-order valence-electron chi connectivity index (χ0n) is 17.6. The summed E-state index contributed by atoms with van der Waals surface area (Å²) in [5, 5.41) is 5.90. The molecule has 0 spiro atoms. The second-order valence-electron chi connectivity index (χ2n) is 7.30. The summed E-state index contributed by atoms with van der Waals surface area (Å²) in [5.74, 6) is -0.541. The van der Waals surface area contributed by atoms with Gasteiger partial charge in [0.1, 0.15) is 4.90 Å². The molecule has 2 N–H and O–H groups in total. The summed E-state index contributed by atoms with van der Waals surface area (Å²) < 4.78 is 26.5. The van der Waals surface area contributed by atoms with Crippen molar-refractivity contribution < 1.29 is 18.0 Å². The fourth-order valence-electron chi connectivity index (χ4n) is 3.13. The molecular formula is C21H26N4O4S2. The molecule has 0 radical (unpaired) electrons. The minimum Gasteiger partial charge on any atom is -0.346 e. The van der Waals surface area contributed by atoms with Crippen LogP contribution in [0, 0.1) is 13.8 Å². The maximum atomic E-state index is 12.5. The van der Waals surface area contributed by atoms with E-state index in [0.717, 1.165) is 29.7 Å². The summed E-state index contributed by atoms with van der Waals surface area (Å²) in [5.41, 5.74) is 2.78. The first-order valence-electron chi connectivity index (χ1n) is 9.99. The molecule has 0 atom stereocenters. The van der Waals surface area contributed by atoms with E-state index in [2.05, 4.69) is 15.6 Å². The highest BCUT2D eigenvalue weighted by Gasteiger charge is 2.27. The SMILES string of the molecule is Cc1cccc(NC(=O)CNC(=O)CSc2ccc(S(=O)(=O)N3CCCC3)cn2)c1C. The van der Waals surface area contributed by atoms with E-state index < -0.39 is 10.0 Å². The molecule has 0 saturated carbocycles. The van der Waals surface area contributed by atoms with Gasteiger partial charge in [0, 0.05) is 25.0 Å². The van der Waals surface area contributed by atoms with Crippen molar-refractivity contribution in [2.75, 3.05) is 30.7 Å². The van der Waals surface area contributed by atoms with Gasteiger partial charge in [-0.15, -0.1) is 0 Å². The van der Waals surface area contributed by atoms with E-state index in [-0.39, 0.29) is 29.0 Å². The zero-order chi connectivity index (χ0) is 22.4. The van der Waals surface area contributed by atoms with E-state index in [9.17, 15) is 18.0 Å². The number of aromatic nitrogens is 1. The highest BCUT2D eigenvalue weighted by molar-refractivity contribution is 7.99. The number of thioether (sulfide) groups is 1. The Morgan fingerprint density at radius 3 is 2.52 bits per heavy atom. The van der Waals surface area contributed by atoms with Gasteiger partial charge in [-0.05, 0) is 56.0 Å². The predicted octanol–water partition coefficient (Wildman–Crippen LogP) is 2.33. The molecule has 31 heavy (non-hydrogen) atoms. The van der Waals surface area contributed by atoms with Crippen LogP contribution < -0.4 is 10.6 Å². The van der Waals surface area contributed by atoms with Crippen molar-refractivity contribution in [3.05, 3.63) is 47.7 Å². The first-order chi connectivity index (χ1) is 14.8. The Labute approximate surface area is 186 Å². The van der Waals surface area contributed by atoms with Gasteiger partial charge in [0.25, 0.3) is 0 Å². The van der Waals surface area contributed by atoms with Crippen LogP contribution in [-0.4, -0.2) is 54.9 Å². The number of benzene rings is 1. The summed E-state index contributed by atoms with van der Waals surface area (Å²) in [6, 6.07) is 8.75. The van der Waals surface area contributed by atoms with Crippen LogP contribution in [0.25, 0.3) is 0 Å². The van der Waals surface area contributed by atoms with Crippen LogP contribution in [-0.2, 0) is 19.6 Å². The number of amides is 2. The van der Waals surface area contributed by atoms with Crippen LogP contribution in [0.15, 0.2) is 46.5 Å². The van der Waals surface area contributed by atoms with Crippen molar-refractivity contribution in [1.29, 1.82) is 0 Å². The number of aryl methyl sites for hydroxylation is 1. The molecule has 0 unspecified atom stereocenters. The minimum absolute atomic E-state index is 0.0714. The van der Waals surface area contributed by atoms with Gasteiger partial charge in [-0.2, -0.15) is 4.31 Å². The second kappa shape index (κ2) is 10.3. The lowest BCUT2D eigenvalue weighted by Gasteiger charge is -2.15. The third kappa shape index (κ3) is 6.05. The topological polar surface area (TPSA) is 108 Å². The number of carbonyl (C=O) groups excluding carboxylic acids is 2. The van der Waals surface area contributed by atoms with Gasteiger partial charge in [0.15, 0.2) is 0 Å². The van der Waals surface area contributed by atoms with Crippen molar-refractivity contribution in [3.8, 4) is 0 Å². The van der Waals surface area contributed by atoms with Crippen molar-refractivity contribution in [2.24, 2.45) is 0 Å². The molecule has 2 heterocycles. The molecule has 0 bridgehead atoms. The van der Waals surface area contributed by atoms with Crippen LogP contribution in [0.2, 0.25) is 0 Å². The summed E-state index contributed by atoms with van der Waals surface area (Å²) >= 11 is 1.18. The molecule has 0 aliphatic carbocycles. The Morgan fingerprint density at radius 2 is 1.84 bits per heavy atom. The quantitative estimate of drug-likeness (QED) is 0.583. The smallest absolute Gasteiger partial charge is 0.244 e. The number of nitrogens with zero attached hydrogens (tertiary/aromatic N) is 2. The normalized spacial score (nSPS) is 14.4. The summed E-state index contributed by atoms with van der Waals surface area (Å²) in [6.07, 6.45) is 3.07. The number of hydrogen-bond acceptors (Lipinski definition) is 6. The van der Waals surface area contributed by atoms with E-state index in [1.165, 1.54) is 28.3 Å². The van der Waals surface area contributed by atoms with Crippen molar-refractivity contribution in [1.82, 2.24) is 14.6 Å². The Bertz CT molecular complexity index is 1050. The molecule has 2 amide bonds. The molecule has 1 aliphatic heterocycles. The Kier molecular flexibility index (Phi) is 7.69. The number of anilines is 1. The van der Waals surface area contributed by atoms with Gasteiger partial charge in [-0.25, -0.2) is 13.4 Å². The van der Waals surface area contributed by atoms with Crippen molar-refractivity contribution >= 4 is 39.3 Å². The molecule has 3 rings (SSSR count). The fourth-order valence-corrected chi connectivity index (χ4v) is 5.27. The monoisotopic (exact) mass is 462 g/mol. The lowest BCUT2D eigenvalue weighted by atomic mass is 10.1. The van der Waals surface area contributed by atoms with Gasteiger partial charge >= 0.3 is 0 Å². The third-order valence-corrected chi connectivity index (χ3v) is 7.91. The minimum atomic E-state index is -3.50. The third-order valence-electron chi connectivity index (χ3n) is 5.09. The lowest BCUT2D eigenvalue weighted by molar-refractivity contribution is -0.122. The summed E-state index contributed by atoms with van der Waals surface area (Å²) in [7, 11) is -3.50. The van der Waals surface area contributed by atoms with Crippen LogP contribution in [0.5, 0.6) is 0 Å². The fraction of sp³-hybridized carbons (Fsp3) is 0.381. The maximum Gasteiger partial charge on any atom is 0.244 e. The van der Waals surface area contributed by atoms with Crippen molar-refractivity contribution in [2.45, 2.75) is 36.6 Å². The second-order valence-corrected chi connectivity index (χ2v) is 10.2. The van der Waals surface area contributed by atoms with Crippen molar-refractivity contribution in [3.63, 3.8) is 0 Å². The van der Waals surface area contributed by atoms with E-state index in [1.807, 2.05) is 32.0 Å². The highest BCUT2D eigenvalue weighted by atomic mass is 32.2. The van der Waals surface area contributed by atoms with Crippen LogP contribution in [0.1, 0.15) is 24.0 Å². The number of sulfonamides is 1. The van der Waals surface area contributed by atoms with Gasteiger partial charge in [-0.3, -0.25) is 9.59 Å². The number of pyridine rings is 1. The standard InChI is InChI=1S/C21H26N4O4S2/c1-15-6-5-7-18(16(15)2)24-19(26)13-22-20(27)14-30-21-9-8-17(12-23-21)31(28,29)25-10-3-4-11-25/h5-9,12H,3-4,10-11,13-14H2,1-2H3,(H,22,27)(H,24,26). The van der Waals surface area contributed by atoms with Crippen LogP contribution in [0.4, 0.5) is 5.69 Å². The van der Waals surface area contributed by atoms with E-state index >= 15 is 0 Å². The van der Waals surface area contributed by atoms with Gasteiger partial charge in [0.05, 0.1) is 17.3 Å². The Hall–Kier alpha value is -2.43. The summed E-state index contributed by atoms with van der Waals surface area (Å²) in [4.78, 5) is 28.5. The molecule has 1 aromatic carbocycles. The first kappa shape index (κ1) is 23.2. The predicted molar refractivity (Wildman–Crippen MR) is 121 cm³/mol. The average Bonchev–Trinajstić information content (AvgIpc) is 3.30. The Balaban J connectivity index is 1.45. The summed E-state index contributed by atoms with van der Waals surface area (Å²) in [6.45, 7) is 4.83. The van der Waals surface area contributed by atoms with Crippen LogP contribution >= 0.6 is 11.8 Å². The molecular weight excluding hydrogens is 436 g/mol. The van der Waals surface area contributed by atoms with Gasteiger partial charge in [-0.1, -0.05) is 23.9 Å². The largest absolute Gasteiger partial charge is 0.346 e. The number of hydrogen-bond donors (Lipinski definition) is 2. The maximum absolute atomic E-state index is 12.5. The molecule has 1 saturated heterocycles. The molecule has 166 valence electrons. The number of rotatable bonds is 8. The molecule has 1 aliphatic rings. The van der Waals surface area contributed by atoms with E-state index in [0.29, 0.717) is 18.1 Å². The van der Waals surface area contributed by atoms with Gasteiger partial charge < -0.3 is 10.6 Å².